The van der Waals surface area contributed by atoms with Crippen LogP contribution in [0.2, 0.25) is 0 Å². The second-order valence-electron chi connectivity index (χ2n) is 5.93. The molecule has 1 aromatic rings. The summed E-state index contributed by atoms with van der Waals surface area (Å²) in [5.74, 6) is 0.302. The fourth-order valence-electron chi connectivity index (χ4n) is 2.60. The molecule has 0 bridgehead atoms. The molecule has 0 saturated carbocycles. The van der Waals surface area contributed by atoms with Crippen LogP contribution in [0, 0.1) is 5.41 Å². The van der Waals surface area contributed by atoms with Crippen molar-refractivity contribution in [3.8, 4) is 0 Å². The molecule has 0 aliphatic carbocycles. The zero-order valence-electron chi connectivity index (χ0n) is 10.9. The Morgan fingerprint density at radius 2 is 1.83 bits per heavy atom. The van der Waals surface area contributed by atoms with Crippen molar-refractivity contribution in [2.24, 2.45) is 5.41 Å². The summed E-state index contributed by atoms with van der Waals surface area (Å²) in [5, 5.41) is 3.08. The Bertz CT molecular complexity index is 443. The Kier molecular flexibility index (Phi) is 3.07. The number of anilines is 1. The van der Waals surface area contributed by atoms with Crippen molar-refractivity contribution in [2.45, 2.75) is 39.3 Å². The maximum atomic E-state index is 12.7. The van der Waals surface area contributed by atoms with E-state index in [1.54, 1.807) is 6.07 Å². The number of halogens is 3. The first-order chi connectivity index (χ1) is 8.19. The quantitative estimate of drug-likeness (QED) is 0.713. The Hall–Kier alpha value is -1.19. The van der Waals surface area contributed by atoms with Gasteiger partial charge in [0, 0.05) is 12.2 Å². The molecule has 1 unspecified atom stereocenters. The third-order valence-electron chi connectivity index (χ3n) is 3.55. The van der Waals surface area contributed by atoms with Crippen molar-refractivity contribution in [1.29, 1.82) is 0 Å². The molecular formula is C14H18F3N. The van der Waals surface area contributed by atoms with E-state index in [0.29, 0.717) is 11.6 Å². The van der Waals surface area contributed by atoms with Gasteiger partial charge in [-0.25, -0.2) is 0 Å². The molecule has 1 aliphatic heterocycles. The smallest absolute Gasteiger partial charge is 0.385 e. The van der Waals surface area contributed by atoms with Gasteiger partial charge in [0.1, 0.15) is 0 Å². The zero-order valence-corrected chi connectivity index (χ0v) is 10.9. The van der Waals surface area contributed by atoms with E-state index in [4.69, 9.17) is 0 Å². The number of rotatable bonds is 0. The van der Waals surface area contributed by atoms with Crippen LogP contribution < -0.4 is 5.32 Å². The van der Waals surface area contributed by atoms with Crippen LogP contribution in [0.1, 0.15) is 44.2 Å². The third kappa shape index (κ3) is 2.47. The number of alkyl halides is 3. The fourth-order valence-corrected chi connectivity index (χ4v) is 2.60. The summed E-state index contributed by atoms with van der Waals surface area (Å²) in [6, 6.07) is 4.04. The van der Waals surface area contributed by atoms with E-state index in [-0.39, 0.29) is 5.41 Å². The van der Waals surface area contributed by atoms with E-state index in [2.05, 4.69) is 26.1 Å². The molecule has 0 aromatic heterocycles. The monoisotopic (exact) mass is 257 g/mol. The van der Waals surface area contributed by atoms with Crippen LogP contribution in [0.25, 0.3) is 0 Å². The van der Waals surface area contributed by atoms with Crippen molar-refractivity contribution in [1.82, 2.24) is 0 Å². The van der Waals surface area contributed by atoms with E-state index in [1.165, 1.54) is 12.1 Å². The number of hydrogen-bond acceptors (Lipinski definition) is 1. The molecule has 0 radical (unpaired) electrons. The van der Waals surface area contributed by atoms with Crippen molar-refractivity contribution in [3.05, 3.63) is 29.3 Å². The molecule has 1 atom stereocenters. The summed E-state index contributed by atoms with van der Waals surface area (Å²) in [6.45, 7) is 7.12. The van der Waals surface area contributed by atoms with Gasteiger partial charge in [0.05, 0.1) is 5.56 Å². The first kappa shape index (κ1) is 13.2. The predicted octanol–water partition coefficient (Wildman–Crippen LogP) is 4.65. The first-order valence-electron chi connectivity index (χ1n) is 6.14. The minimum atomic E-state index is -4.27. The van der Waals surface area contributed by atoms with E-state index >= 15 is 0 Å². The van der Waals surface area contributed by atoms with Gasteiger partial charge < -0.3 is 5.32 Å². The molecule has 1 aliphatic rings. The lowest BCUT2D eigenvalue weighted by atomic mass is 9.72. The average Bonchev–Trinajstić information content (AvgIpc) is 2.25. The minimum Gasteiger partial charge on any atom is -0.385 e. The first-order valence-corrected chi connectivity index (χ1v) is 6.14. The molecule has 100 valence electrons. The number of hydrogen-bond donors (Lipinski definition) is 1. The maximum Gasteiger partial charge on any atom is 0.416 e. The molecule has 1 nitrogen and oxygen atoms in total. The van der Waals surface area contributed by atoms with Crippen molar-refractivity contribution < 1.29 is 13.2 Å². The van der Waals surface area contributed by atoms with Crippen LogP contribution in [0.15, 0.2) is 18.2 Å². The zero-order chi connectivity index (χ0) is 13.6. The molecule has 0 amide bonds. The Morgan fingerprint density at radius 1 is 1.17 bits per heavy atom. The Balaban J connectivity index is 2.43. The lowest BCUT2D eigenvalue weighted by molar-refractivity contribution is -0.137. The van der Waals surface area contributed by atoms with Crippen LogP contribution in [-0.4, -0.2) is 6.54 Å². The maximum absolute atomic E-state index is 12.7. The average molecular weight is 257 g/mol. The molecule has 0 saturated heterocycles. The summed E-state index contributed by atoms with van der Waals surface area (Å²) >= 11 is 0. The fraction of sp³-hybridized carbons (Fsp3) is 0.571. The minimum absolute atomic E-state index is 0.0661. The van der Waals surface area contributed by atoms with Gasteiger partial charge in [0.2, 0.25) is 0 Å². The van der Waals surface area contributed by atoms with E-state index in [0.717, 1.165) is 18.5 Å². The van der Waals surface area contributed by atoms with E-state index in [9.17, 15) is 13.2 Å². The highest BCUT2D eigenvalue weighted by Crippen LogP contribution is 2.44. The van der Waals surface area contributed by atoms with Crippen LogP contribution in [0.3, 0.4) is 0 Å². The van der Waals surface area contributed by atoms with Gasteiger partial charge in [0.25, 0.3) is 0 Å². The third-order valence-corrected chi connectivity index (χ3v) is 3.55. The van der Waals surface area contributed by atoms with Gasteiger partial charge in [-0.2, -0.15) is 13.2 Å². The second kappa shape index (κ2) is 4.18. The van der Waals surface area contributed by atoms with Crippen LogP contribution in [0.5, 0.6) is 0 Å². The van der Waals surface area contributed by atoms with Crippen LogP contribution in [-0.2, 0) is 6.18 Å². The molecule has 0 fully saturated rings. The van der Waals surface area contributed by atoms with Gasteiger partial charge in [-0.1, -0.05) is 26.8 Å². The van der Waals surface area contributed by atoms with E-state index < -0.39 is 11.7 Å². The Labute approximate surface area is 105 Å². The molecule has 0 spiro atoms. The lowest BCUT2D eigenvalue weighted by Crippen LogP contribution is -2.26. The van der Waals surface area contributed by atoms with Gasteiger partial charge in [-0.15, -0.1) is 0 Å². The highest BCUT2D eigenvalue weighted by Gasteiger charge is 2.34. The van der Waals surface area contributed by atoms with Gasteiger partial charge >= 0.3 is 6.18 Å². The highest BCUT2D eigenvalue weighted by atomic mass is 19.4. The summed E-state index contributed by atoms with van der Waals surface area (Å²) in [4.78, 5) is 0. The van der Waals surface area contributed by atoms with Crippen molar-refractivity contribution >= 4 is 5.69 Å². The van der Waals surface area contributed by atoms with Gasteiger partial charge in [-0.05, 0) is 35.4 Å². The Morgan fingerprint density at radius 3 is 2.39 bits per heavy atom. The molecule has 1 N–H and O–H groups in total. The number of nitrogens with one attached hydrogen (secondary N) is 1. The molecule has 18 heavy (non-hydrogen) atoms. The summed E-state index contributed by atoms with van der Waals surface area (Å²) in [7, 11) is 0. The van der Waals surface area contributed by atoms with Crippen LogP contribution >= 0.6 is 0 Å². The summed E-state index contributed by atoms with van der Waals surface area (Å²) < 4.78 is 38.0. The van der Waals surface area contributed by atoms with Crippen molar-refractivity contribution in [3.63, 3.8) is 0 Å². The van der Waals surface area contributed by atoms with Gasteiger partial charge in [-0.3, -0.25) is 0 Å². The molecule has 4 heteroatoms. The predicted molar refractivity (Wildman–Crippen MR) is 66.7 cm³/mol. The standard InChI is InChI=1S/C14H18F3N/c1-13(2,3)11-6-7-18-12-8-9(14(15,16)17)4-5-10(11)12/h4-5,8,11,18H,6-7H2,1-3H3. The largest absolute Gasteiger partial charge is 0.416 e. The van der Waals surface area contributed by atoms with Crippen molar-refractivity contribution in [2.75, 3.05) is 11.9 Å². The lowest BCUT2D eigenvalue weighted by Gasteiger charge is -2.36. The molecule has 1 aromatic carbocycles. The highest BCUT2D eigenvalue weighted by molar-refractivity contribution is 5.57. The summed E-state index contributed by atoms with van der Waals surface area (Å²) in [6.07, 6.45) is -3.31. The van der Waals surface area contributed by atoms with Gasteiger partial charge in [0.15, 0.2) is 0 Å². The molecular weight excluding hydrogens is 239 g/mol. The second-order valence-corrected chi connectivity index (χ2v) is 5.93. The topological polar surface area (TPSA) is 12.0 Å². The number of fused-ring (bicyclic) bond motifs is 1. The normalized spacial score (nSPS) is 20.2. The van der Waals surface area contributed by atoms with E-state index in [1.807, 2.05) is 0 Å². The number of benzene rings is 1. The molecule has 2 rings (SSSR count). The SMILES string of the molecule is CC(C)(C)C1CCNc2cc(C(F)(F)F)ccc21. The summed E-state index contributed by atoms with van der Waals surface area (Å²) in [5.41, 5.74) is 1.12. The molecule has 1 heterocycles. The van der Waals surface area contributed by atoms with Crippen LogP contribution in [0.4, 0.5) is 18.9 Å².